The van der Waals surface area contributed by atoms with Crippen molar-refractivity contribution in [2.45, 2.75) is 37.0 Å². The van der Waals surface area contributed by atoms with E-state index in [1.165, 1.54) is 17.7 Å². The molecule has 4 aromatic carbocycles. The Labute approximate surface area is 290 Å². The van der Waals surface area contributed by atoms with Gasteiger partial charge in [0, 0.05) is 32.9 Å². The van der Waals surface area contributed by atoms with Gasteiger partial charge in [0.25, 0.3) is 5.91 Å². The zero-order chi connectivity index (χ0) is 33.5. The molecule has 6 rings (SSSR count). The molecule has 48 heavy (non-hydrogen) atoms. The lowest BCUT2D eigenvalue weighted by atomic mass is 9.71. The number of likely N-dealkylation sites (tertiary alicyclic amines) is 1. The average molecular weight is 686 g/mol. The minimum atomic E-state index is -0.571. The summed E-state index contributed by atoms with van der Waals surface area (Å²) in [4.78, 5) is 31.6. The maximum atomic E-state index is 13.6. The second-order valence-corrected chi connectivity index (χ2v) is 13.5. The third kappa shape index (κ3) is 8.09. The van der Waals surface area contributed by atoms with Crippen molar-refractivity contribution < 1.29 is 14.0 Å². The van der Waals surface area contributed by atoms with Crippen LogP contribution >= 0.6 is 23.2 Å². The highest BCUT2D eigenvalue weighted by molar-refractivity contribution is 6.30. The number of benzene rings is 4. The van der Waals surface area contributed by atoms with Crippen molar-refractivity contribution in [1.82, 2.24) is 20.5 Å². The van der Waals surface area contributed by atoms with Crippen LogP contribution in [0.25, 0.3) is 10.9 Å². The molecule has 9 heteroatoms. The molecule has 1 aliphatic rings. The Kier molecular flexibility index (Phi) is 10.8. The number of halogens is 3. The monoisotopic (exact) mass is 684 g/mol. The van der Waals surface area contributed by atoms with E-state index >= 15 is 0 Å². The number of aromatic amines is 1. The molecule has 1 saturated heterocycles. The van der Waals surface area contributed by atoms with Crippen molar-refractivity contribution in [2.75, 3.05) is 32.7 Å². The topological polar surface area (TPSA) is 77.2 Å². The number of aromatic nitrogens is 1. The highest BCUT2D eigenvalue weighted by Gasteiger charge is 2.35. The zero-order valence-electron chi connectivity index (χ0n) is 26.7. The quantitative estimate of drug-likeness (QED) is 0.124. The average Bonchev–Trinajstić information content (AvgIpc) is 3.54. The van der Waals surface area contributed by atoms with Crippen LogP contribution in [0.4, 0.5) is 4.39 Å². The lowest BCUT2D eigenvalue weighted by molar-refractivity contribution is -0.120. The minimum absolute atomic E-state index is 0.212. The molecule has 0 unspecified atom stereocenters. The van der Waals surface area contributed by atoms with E-state index in [1.807, 2.05) is 48.5 Å². The van der Waals surface area contributed by atoms with Crippen LogP contribution in [0.5, 0.6) is 0 Å². The van der Waals surface area contributed by atoms with E-state index in [0.29, 0.717) is 33.4 Å². The molecule has 1 aromatic heterocycles. The highest BCUT2D eigenvalue weighted by atomic mass is 35.5. The molecule has 2 heterocycles. The molecule has 1 aliphatic heterocycles. The van der Waals surface area contributed by atoms with Crippen LogP contribution in [-0.4, -0.2) is 54.4 Å². The Morgan fingerprint density at radius 2 is 1.48 bits per heavy atom. The number of hydrogen-bond acceptors (Lipinski definition) is 3. The number of fused-ring (bicyclic) bond motifs is 1. The fourth-order valence-electron chi connectivity index (χ4n) is 6.90. The molecule has 248 valence electrons. The van der Waals surface area contributed by atoms with Gasteiger partial charge in [0.1, 0.15) is 11.5 Å². The maximum Gasteiger partial charge on any atom is 0.268 e. The Morgan fingerprint density at radius 1 is 0.833 bits per heavy atom. The van der Waals surface area contributed by atoms with Crippen LogP contribution in [0.3, 0.4) is 0 Å². The second-order valence-electron chi connectivity index (χ2n) is 12.6. The summed E-state index contributed by atoms with van der Waals surface area (Å²) < 4.78 is 13.6. The maximum absolute atomic E-state index is 13.6. The fraction of sp³-hybridized carbons (Fsp3) is 0.282. The minimum Gasteiger partial charge on any atom is -0.353 e. The van der Waals surface area contributed by atoms with Crippen molar-refractivity contribution in [2.24, 2.45) is 0 Å². The highest BCUT2D eigenvalue weighted by Crippen LogP contribution is 2.38. The molecule has 0 atom stereocenters. The molecule has 0 spiro atoms. The Hall–Kier alpha value is -4.17. The van der Waals surface area contributed by atoms with Gasteiger partial charge in [0.2, 0.25) is 5.91 Å². The number of amides is 2. The summed E-state index contributed by atoms with van der Waals surface area (Å²) in [6.07, 6.45) is 3.96. The van der Waals surface area contributed by atoms with E-state index in [0.717, 1.165) is 56.4 Å². The summed E-state index contributed by atoms with van der Waals surface area (Å²) in [5.74, 6) is -0.551. The lowest BCUT2D eigenvalue weighted by Crippen LogP contribution is -2.45. The molecule has 0 radical (unpaired) electrons. The molecule has 6 nitrogen and oxygen atoms in total. The van der Waals surface area contributed by atoms with E-state index in [4.69, 9.17) is 23.2 Å². The summed E-state index contributed by atoms with van der Waals surface area (Å²) in [6.45, 7) is 3.15. The molecular formula is C39H39Cl2FN4O2. The van der Waals surface area contributed by atoms with Crippen molar-refractivity contribution >= 4 is 45.9 Å². The number of carbonyl (C=O) groups is 2. The van der Waals surface area contributed by atoms with Gasteiger partial charge in [-0.3, -0.25) is 9.59 Å². The van der Waals surface area contributed by atoms with Gasteiger partial charge in [-0.25, -0.2) is 4.39 Å². The summed E-state index contributed by atoms with van der Waals surface area (Å²) in [5, 5.41) is 7.65. The van der Waals surface area contributed by atoms with Crippen molar-refractivity contribution in [1.29, 1.82) is 0 Å². The molecular weight excluding hydrogens is 646 g/mol. The number of carbonyl (C=O) groups excluding carboxylic acids is 2. The van der Waals surface area contributed by atoms with Gasteiger partial charge in [-0.1, -0.05) is 77.8 Å². The Morgan fingerprint density at radius 3 is 2.12 bits per heavy atom. The predicted molar refractivity (Wildman–Crippen MR) is 191 cm³/mol. The van der Waals surface area contributed by atoms with Crippen LogP contribution in [-0.2, 0) is 10.2 Å². The number of piperidine rings is 1. The van der Waals surface area contributed by atoms with Gasteiger partial charge >= 0.3 is 0 Å². The Bertz CT molecular complexity index is 1790. The summed E-state index contributed by atoms with van der Waals surface area (Å²) in [5.41, 5.74) is 3.82. The van der Waals surface area contributed by atoms with Gasteiger partial charge in [0.15, 0.2) is 0 Å². The molecule has 0 bridgehead atoms. The van der Waals surface area contributed by atoms with Crippen LogP contribution < -0.4 is 10.6 Å². The summed E-state index contributed by atoms with van der Waals surface area (Å²) in [6, 6.07) is 32.2. The van der Waals surface area contributed by atoms with Gasteiger partial charge in [-0.05, 0) is 116 Å². The molecule has 0 saturated carbocycles. The van der Waals surface area contributed by atoms with Gasteiger partial charge in [-0.2, -0.15) is 0 Å². The SMILES string of the molecule is O=C(CNC(=O)c1cc2cc(F)ccc2[nH]1)NCC(CCCN1CCC(c2ccccc2)CC1)(c1ccc(Cl)cc1)c1ccc(Cl)cc1. The first-order chi connectivity index (χ1) is 23.3. The summed E-state index contributed by atoms with van der Waals surface area (Å²) >= 11 is 12.6. The van der Waals surface area contributed by atoms with Crippen LogP contribution in [0.1, 0.15) is 58.8 Å². The van der Waals surface area contributed by atoms with E-state index in [1.54, 1.807) is 12.1 Å². The third-order valence-corrected chi connectivity index (χ3v) is 10.1. The van der Waals surface area contributed by atoms with Crippen molar-refractivity contribution in [3.05, 3.63) is 141 Å². The molecule has 1 fully saturated rings. The lowest BCUT2D eigenvalue weighted by Gasteiger charge is -2.37. The Balaban J connectivity index is 1.14. The first-order valence-corrected chi connectivity index (χ1v) is 17.2. The van der Waals surface area contributed by atoms with E-state index in [9.17, 15) is 14.0 Å². The van der Waals surface area contributed by atoms with Crippen molar-refractivity contribution in [3.63, 3.8) is 0 Å². The first-order valence-electron chi connectivity index (χ1n) is 16.4. The number of rotatable bonds is 12. The zero-order valence-corrected chi connectivity index (χ0v) is 28.2. The van der Waals surface area contributed by atoms with E-state index < -0.39 is 11.3 Å². The van der Waals surface area contributed by atoms with Crippen LogP contribution in [0, 0.1) is 5.82 Å². The van der Waals surface area contributed by atoms with Gasteiger partial charge in [0.05, 0.1) is 6.54 Å². The first kappa shape index (κ1) is 33.7. The van der Waals surface area contributed by atoms with E-state index in [2.05, 4.69) is 50.8 Å². The third-order valence-electron chi connectivity index (χ3n) is 9.55. The van der Waals surface area contributed by atoms with Gasteiger partial charge < -0.3 is 20.5 Å². The smallest absolute Gasteiger partial charge is 0.268 e. The normalized spacial score (nSPS) is 14.2. The van der Waals surface area contributed by atoms with Crippen molar-refractivity contribution in [3.8, 4) is 0 Å². The number of nitrogens with one attached hydrogen (secondary N) is 3. The molecule has 5 aromatic rings. The largest absolute Gasteiger partial charge is 0.353 e. The molecule has 2 amide bonds. The summed E-state index contributed by atoms with van der Waals surface area (Å²) in [7, 11) is 0. The molecule has 0 aliphatic carbocycles. The van der Waals surface area contributed by atoms with E-state index in [-0.39, 0.29) is 24.0 Å². The van der Waals surface area contributed by atoms with Crippen LogP contribution in [0.15, 0.2) is 103 Å². The number of H-pyrrole nitrogens is 1. The number of nitrogens with zero attached hydrogens (tertiary/aromatic N) is 1. The fourth-order valence-corrected chi connectivity index (χ4v) is 7.15. The predicted octanol–water partition coefficient (Wildman–Crippen LogP) is 8.11. The van der Waals surface area contributed by atoms with Gasteiger partial charge in [-0.15, -0.1) is 0 Å². The second kappa shape index (κ2) is 15.4. The standard InChI is InChI=1S/C39H39Cl2FN4O2/c40-32-11-7-30(8-12-32)39(31-9-13-33(41)14-10-31,19-4-20-46-21-17-28(18-22-46)27-5-2-1-3-6-27)26-44-37(47)25-43-38(48)36-24-29-23-34(42)15-16-35(29)45-36/h1-3,5-16,23-24,28,45H,4,17-22,25-26H2,(H,43,48)(H,44,47). The molecule has 3 N–H and O–H groups in total. The van der Waals surface area contributed by atoms with Crippen LogP contribution in [0.2, 0.25) is 10.0 Å². The number of hydrogen-bond donors (Lipinski definition) is 3.